The van der Waals surface area contributed by atoms with Crippen molar-refractivity contribution >= 4 is 89.7 Å². The molecule has 0 unspecified atom stereocenters. The molecule has 0 atom stereocenters. The van der Waals surface area contributed by atoms with Crippen LogP contribution in [0, 0.1) is 0 Å². The number of nitrogens with one attached hydrogen (secondary N) is 2. The maximum atomic E-state index is 4.63. The summed E-state index contributed by atoms with van der Waals surface area (Å²) in [4.78, 5) is 17.1. The van der Waals surface area contributed by atoms with Crippen molar-refractivity contribution in [3.8, 4) is 11.1 Å². The molecule has 1 radical (unpaired) electrons. The maximum Gasteiger partial charge on any atom is 0.158 e. The second kappa shape index (κ2) is 14.4. The van der Waals surface area contributed by atoms with Crippen LogP contribution in [0.1, 0.15) is 33.9 Å². The van der Waals surface area contributed by atoms with E-state index in [9.17, 15) is 0 Å². The van der Waals surface area contributed by atoms with Crippen LogP contribution in [0.2, 0.25) is 0 Å². The number of benzene rings is 2. The van der Waals surface area contributed by atoms with E-state index < -0.39 is 0 Å². The van der Waals surface area contributed by atoms with Gasteiger partial charge in [-0.1, -0.05) is 53.0 Å². The molecule has 10 rings (SSSR count). The number of hydrogen-bond donors (Lipinski definition) is 2. The van der Waals surface area contributed by atoms with Crippen LogP contribution < -0.4 is 0 Å². The minimum absolute atomic E-state index is 0. The summed E-state index contributed by atoms with van der Waals surface area (Å²) in [5.41, 5.74) is 13.6. The second-order valence-corrected chi connectivity index (χ2v) is 12.4. The van der Waals surface area contributed by atoms with E-state index in [1.165, 1.54) is 38.5 Å². The van der Waals surface area contributed by atoms with E-state index >= 15 is 0 Å². The fraction of sp³-hybridized carbons (Fsp3) is 0.0270. The molecule has 0 saturated carbocycles. The fourth-order valence-corrected chi connectivity index (χ4v) is 7.01. The topological polar surface area (TPSA) is 83.1 Å². The Morgan fingerprint density at radius 3 is 1.45 bits per heavy atom. The Morgan fingerprint density at radius 1 is 0.553 bits per heavy atom. The van der Waals surface area contributed by atoms with Gasteiger partial charge in [0.1, 0.15) is 0 Å². The molecule has 47 heavy (non-hydrogen) atoms. The average Bonchev–Trinajstić information content (AvgIpc) is 3.89. The van der Waals surface area contributed by atoms with Crippen LogP contribution in [-0.2, 0) is 23.5 Å². The predicted octanol–water partition coefficient (Wildman–Crippen LogP) is 8.21. The number of rotatable bonds is 0. The molecule has 8 bridgehead atoms. The van der Waals surface area contributed by atoms with Gasteiger partial charge in [-0.2, -0.15) is 0 Å². The first-order chi connectivity index (χ1) is 22.2. The third-order valence-electron chi connectivity index (χ3n) is 7.63. The van der Waals surface area contributed by atoms with Gasteiger partial charge >= 0.3 is 0 Å². The number of nitrogens with zero attached hydrogens (tertiary/aromatic N) is 4. The second-order valence-electron chi connectivity index (χ2n) is 10.8. The Hall–Kier alpha value is -4.70. The van der Waals surface area contributed by atoms with Gasteiger partial charge in [0.05, 0.1) is 27.5 Å². The standard InChI is InChI=1S/C20H14N4.C13H10.C4H2N2S2.Cu.H4Si/c1-2-14-10-16-5-6-18(23-16)12-20-8-7-19(24-20)11-17-4-3-15(22-17)9-13(1)21-14;1-3-7-12-10(5-1)9-11-6-2-4-8-13(11)12;1-2-7-4-3(1)8-6-5-4;;/h1-12,21,24H;1-8H,9H2;1-2H;;1H4. The third kappa shape index (κ3) is 7.33. The minimum atomic E-state index is 0. The van der Waals surface area contributed by atoms with Crippen LogP contribution in [0.4, 0.5) is 0 Å². The number of hydrogen-bond acceptors (Lipinski definition) is 6. The molecule has 1 aliphatic carbocycles. The molecule has 3 aliphatic rings. The van der Waals surface area contributed by atoms with Gasteiger partial charge in [-0.05, 0) is 135 Å². The normalized spacial score (nSPS) is 11.7. The zero-order valence-corrected chi connectivity index (χ0v) is 26.9. The summed E-state index contributed by atoms with van der Waals surface area (Å²) in [7, 11) is 0. The van der Waals surface area contributed by atoms with Crippen molar-refractivity contribution in [3.63, 3.8) is 0 Å². The van der Waals surface area contributed by atoms with E-state index in [0.717, 1.165) is 56.1 Å². The van der Waals surface area contributed by atoms with E-state index in [1.54, 1.807) is 11.3 Å². The third-order valence-corrected chi connectivity index (χ3v) is 9.24. The summed E-state index contributed by atoms with van der Waals surface area (Å²) < 4.78 is 4.95. The Labute approximate surface area is 294 Å². The fourth-order valence-electron chi connectivity index (χ4n) is 5.56. The van der Waals surface area contributed by atoms with Crippen LogP contribution in [0.3, 0.4) is 0 Å². The van der Waals surface area contributed by atoms with Crippen LogP contribution in [0.25, 0.3) is 67.0 Å². The number of aromatic nitrogens is 6. The molecule has 0 amide bonds. The number of fused-ring (bicyclic) bond motifs is 12. The van der Waals surface area contributed by atoms with Gasteiger partial charge in [0, 0.05) is 39.1 Å². The Kier molecular flexibility index (Phi) is 9.86. The van der Waals surface area contributed by atoms with E-state index in [2.05, 4.69) is 102 Å². The van der Waals surface area contributed by atoms with E-state index in [1.807, 2.05) is 60.0 Å². The first-order valence-corrected chi connectivity index (χ1v) is 16.2. The summed E-state index contributed by atoms with van der Waals surface area (Å²) in [6.45, 7) is 0. The summed E-state index contributed by atoms with van der Waals surface area (Å²) in [6, 6.07) is 35.7. The van der Waals surface area contributed by atoms with Gasteiger partial charge in [0.25, 0.3) is 0 Å². The van der Waals surface area contributed by atoms with E-state index in [-0.39, 0.29) is 28.0 Å². The summed E-state index contributed by atoms with van der Waals surface area (Å²) in [5.74, 6) is 0. The number of aromatic amines is 2. The van der Waals surface area contributed by atoms with Crippen molar-refractivity contribution in [2.24, 2.45) is 0 Å². The van der Waals surface area contributed by atoms with Gasteiger partial charge in [-0.3, -0.25) is 0 Å². The summed E-state index contributed by atoms with van der Waals surface area (Å²) >= 11 is 3.07. The zero-order chi connectivity index (χ0) is 30.0. The van der Waals surface area contributed by atoms with E-state index in [0.29, 0.717) is 0 Å². The molecule has 5 aromatic heterocycles. The SMILES string of the molecule is C1=Cc2cc3ccc(cc4nc(cc5ccc(cc1n2)[nH]5)C=C4)[nH]3.[Cu].[SiH4].c1cc2snnc2s1.c1ccc2c(c1)Cc1ccccc1-2. The molecule has 235 valence electrons. The maximum absolute atomic E-state index is 4.63. The van der Waals surface area contributed by atoms with Crippen molar-refractivity contribution in [2.45, 2.75) is 6.42 Å². The Morgan fingerprint density at radius 2 is 1.00 bits per heavy atom. The van der Waals surface area contributed by atoms with Gasteiger partial charge in [0.2, 0.25) is 0 Å². The minimum Gasteiger partial charge on any atom is -0.355 e. The Bertz CT molecular complexity index is 2130. The zero-order valence-electron chi connectivity index (χ0n) is 24.3. The summed E-state index contributed by atoms with van der Waals surface area (Å²) in [5, 5.41) is 5.89. The largest absolute Gasteiger partial charge is 0.355 e. The van der Waals surface area contributed by atoms with Crippen LogP contribution >= 0.6 is 22.9 Å². The quantitative estimate of drug-likeness (QED) is 0.155. The Balaban J connectivity index is 0.000000140. The van der Waals surface area contributed by atoms with Gasteiger partial charge in [-0.15, -0.1) is 16.4 Å². The molecule has 7 aromatic rings. The first-order valence-electron chi connectivity index (χ1n) is 14.6. The predicted molar refractivity (Wildman–Crippen MR) is 200 cm³/mol. The molecule has 2 aliphatic heterocycles. The van der Waals surface area contributed by atoms with E-state index in [4.69, 9.17) is 0 Å². The molecule has 10 heteroatoms. The molecule has 2 aromatic carbocycles. The molecule has 7 heterocycles. The van der Waals surface area contributed by atoms with Crippen molar-refractivity contribution < 1.29 is 17.1 Å². The molecule has 0 spiro atoms. The average molecular weight is 714 g/mol. The first kappa shape index (κ1) is 32.2. The molecule has 6 nitrogen and oxygen atoms in total. The van der Waals surface area contributed by atoms with Crippen molar-refractivity contribution in [3.05, 3.63) is 142 Å². The molecular weight excluding hydrogens is 684 g/mol. The monoisotopic (exact) mass is 713 g/mol. The van der Waals surface area contributed by atoms with Crippen LogP contribution in [0.5, 0.6) is 0 Å². The molecule has 0 saturated heterocycles. The van der Waals surface area contributed by atoms with Crippen molar-refractivity contribution in [1.82, 2.24) is 29.5 Å². The van der Waals surface area contributed by atoms with Gasteiger partial charge in [0.15, 0.2) is 4.83 Å². The van der Waals surface area contributed by atoms with Gasteiger partial charge < -0.3 is 9.97 Å². The summed E-state index contributed by atoms with van der Waals surface area (Å²) in [6.07, 6.45) is 9.19. The number of thiophene rings is 1. The molecule has 2 N–H and O–H groups in total. The number of H-pyrrole nitrogens is 2. The molecule has 0 fully saturated rings. The van der Waals surface area contributed by atoms with Crippen molar-refractivity contribution in [2.75, 3.05) is 0 Å². The van der Waals surface area contributed by atoms with Crippen molar-refractivity contribution in [1.29, 1.82) is 0 Å². The van der Waals surface area contributed by atoms with Crippen LogP contribution in [0.15, 0.2) is 109 Å². The van der Waals surface area contributed by atoms with Crippen LogP contribution in [-0.4, -0.2) is 40.5 Å². The smallest absolute Gasteiger partial charge is 0.158 e. The molecular formula is C37H30CuN6S2Si. The van der Waals surface area contributed by atoms with Gasteiger partial charge in [-0.25, -0.2) is 9.97 Å².